The zero-order chi connectivity index (χ0) is 23.8. The Balaban J connectivity index is 1.71. The van der Waals surface area contributed by atoms with Crippen molar-refractivity contribution >= 4 is 22.3 Å². The minimum Gasteiger partial charge on any atom is -0.368 e. The molecule has 1 aromatic heterocycles. The van der Waals surface area contributed by atoms with Crippen molar-refractivity contribution in [3.8, 4) is 6.07 Å². The first-order chi connectivity index (χ1) is 15.7. The van der Waals surface area contributed by atoms with E-state index in [1.54, 1.807) is 6.07 Å². The summed E-state index contributed by atoms with van der Waals surface area (Å²) in [5.74, 6) is -3.81. The van der Waals surface area contributed by atoms with Crippen LogP contribution in [0.4, 0.5) is 24.7 Å². The number of aromatic nitrogens is 2. The molecule has 0 radical (unpaired) electrons. The minimum atomic E-state index is -3.28. The van der Waals surface area contributed by atoms with Gasteiger partial charge in [-0.1, -0.05) is 18.2 Å². The number of hydrogen-bond acceptors (Lipinski definition) is 6. The van der Waals surface area contributed by atoms with Gasteiger partial charge in [-0.15, -0.1) is 5.10 Å². The van der Waals surface area contributed by atoms with Gasteiger partial charge in [0.1, 0.15) is 11.9 Å². The highest BCUT2D eigenvalue weighted by atomic mass is 19.3. The Morgan fingerprint density at radius 1 is 1.12 bits per heavy atom. The Hall–Kier alpha value is -3.38. The molecular weight excluding hydrogens is 429 g/mol. The van der Waals surface area contributed by atoms with Crippen LogP contribution in [0.25, 0.3) is 10.8 Å². The molecule has 0 atom stereocenters. The fraction of sp³-hybridized carbons (Fsp3) is 0.375. The molecule has 172 valence electrons. The second-order valence-electron chi connectivity index (χ2n) is 8.47. The number of halogens is 3. The Morgan fingerprint density at radius 3 is 2.52 bits per heavy atom. The second kappa shape index (κ2) is 8.87. The smallest absolute Gasteiger partial charge is 0.273 e. The molecule has 1 aliphatic heterocycles. The number of piperazine rings is 1. The van der Waals surface area contributed by atoms with Crippen molar-refractivity contribution in [1.29, 1.82) is 5.26 Å². The van der Waals surface area contributed by atoms with Crippen molar-refractivity contribution in [2.45, 2.75) is 26.3 Å². The first kappa shape index (κ1) is 22.8. The normalized spacial score (nSPS) is 15.0. The molecule has 2 aromatic carbocycles. The van der Waals surface area contributed by atoms with E-state index < -0.39 is 17.3 Å². The highest BCUT2D eigenvalue weighted by Gasteiger charge is 2.29. The standard InChI is InChI=1S/C24H25F3N6/c1-15-18-11-17(13-28)21(33-9-7-32(3)8-10-33)12-19(18)23(31-30-15)29-14-16-5-4-6-20(22(16)25)24(2,26)27/h4-6,11-12H,7-10,14H2,1-3H3,(H,29,31). The van der Waals surface area contributed by atoms with Gasteiger partial charge in [-0.3, -0.25) is 0 Å². The first-order valence-electron chi connectivity index (χ1n) is 10.7. The fourth-order valence-corrected chi connectivity index (χ4v) is 4.08. The first-order valence-corrected chi connectivity index (χ1v) is 10.7. The average molecular weight is 455 g/mol. The number of aryl methyl sites for hydroxylation is 1. The third-order valence-corrected chi connectivity index (χ3v) is 6.04. The van der Waals surface area contributed by atoms with Gasteiger partial charge in [0.2, 0.25) is 0 Å². The molecule has 0 saturated carbocycles. The van der Waals surface area contributed by atoms with Crippen LogP contribution in [0.5, 0.6) is 0 Å². The number of nitrogens with zero attached hydrogens (tertiary/aromatic N) is 5. The van der Waals surface area contributed by atoms with E-state index in [4.69, 9.17) is 0 Å². The Kier molecular flexibility index (Phi) is 6.13. The quantitative estimate of drug-likeness (QED) is 0.616. The third kappa shape index (κ3) is 4.57. The van der Waals surface area contributed by atoms with Crippen molar-refractivity contribution < 1.29 is 13.2 Å². The summed E-state index contributed by atoms with van der Waals surface area (Å²) in [6.45, 7) is 5.81. The lowest BCUT2D eigenvalue weighted by Crippen LogP contribution is -2.44. The Bertz CT molecular complexity index is 1220. The number of nitriles is 1. The molecule has 0 bridgehead atoms. The summed E-state index contributed by atoms with van der Waals surface area (Å²) in [5, 5.41) is 22.7. The van der Waals surface area contributed by atoms with Crippen molar-refractivity contribution in [3.05, 3.63) is 58.5 Å². The van der Waals surface area contributed by atoms with Gasteiger partial charge in [0.25, 0.3) is 5.92 Å². The highest BCUT2D eigenvalue weighted by Crippen LogP contribution is 2.33. The van der Waals surface area contributed by atoms with Crippen LogP contribution >= 0.6 is 0 Å². The zero-order valence-corrected chi connectivity index (χ0v) is 18.8. The van der Waals surface area contributed by atoms with Crippen LogP contribution in [-0.4, -0.2) is 48.3 Å². The average Bonchev–Trinajstić information content (AvgIpc) is 2.78. The molecule has 33 heavy (non-hydrogen) atoms. The SMILES string of the molecule is Cc1nnc(NCc2cccc(C(C)(F)F)c2F)c2cc(N3CCN(C)CC3)c(C#N)cc12. The molecule has 0 unspecified atom stereocenters. The molecule has 9 heteroatoms. The van der Waals surface area contributed by atoms with E-state index in [2.05, 4.69) is 38.4 Å². The van der Waals surface area contributed by atoms with Crippen LogP contribution in [0.2, 0.25) is 0 Å². The number of hydrogen-bond donors (Lipinski definition) is 1. The maximum atomic E-state index is 14.7. The molecule has 4 rings (SSSR count). The van der Waals surface area contributed by atoms with Gasteiger partial charge in [-0.2, -0.15) is 10.4 Å². The molecule has 1 aliphatic rings. The lowest BCUT2D eigenvalue weighted by molar-refractivity contribution is 0.0136. The Morgan fingerprint density at radius 2 is 1.85 bits per heavy atom. The minimum absolute atomic E-state index is 0.0353. The van der Waals surface area contributed by atoms with Crippen LogP contribution in [-0.2, 0) is 12.5 Å². The summed E-state index contributed by atoms with van der Waals surface area (Å²) in [7, 11) is 2.06. The molecule has 0 aliphatic carbocycles. The molecule has 0 spiro atoms. The van der Waals surface area contributed by atoms with E-state index >= 15 is 0 Å². The summed E-state index contributed by atoms with van der Waals surface area (Å²) in [4.78, 5) is 4.40. The van der Waals surface area contributed by atoms with E-state index in [0.717, 1.165) is 48.7 Å². The van der Waals surface area contributed by atoms with Crippen molar-refractivity contribution in [3.63, 3.8) is 0 Å². The number of fused-ring (bicyclic) bond motifs is 1. The largest absolute Gasteiger partial charge is 0.368 e. The topological polar surface area (TPSA) is 68.1 Å². The molecule has 1 saturated heterocycles. The van der Waals surface area contributed by atoms with E-state index in [1.807, 2.05) is 13.0 Å². The van der Waals surface area contributed by atoms with Crippen LogP contribution in [0.3, 0.4) is 0 Å². The molecule has 2 heterocycles. The summed E-state index contributed by atoms with van der Waals surface area (Å²) in [6.07, 6.45) is 0. The monoisotopic (exact) mass is 454 g/mol. The molecule has 1 fully saturated rings. The van der Waals surface area contributed by atoms with Crippen LogP contribution in [0.1, 0.15) is 29.3 Å². The predicted octanol–water partition coefficient (Wildman–Crippen LogP) is 4.42. The Labute approximate surface area is 190 Å². The number of anilines is 2. The van der Waals surface area contributed by atoms with Gasteiger partial charge in [-0.05, 0) is 26.1 Å². The van der Waals surface area contributed by atoms with Crippen molar-refractivity contribution in [1.82, 2.24) is 15.1 Å². The van der Waals surface area contributed by atoms with Gasteiger partial charge in [0.15, 0.2) is 5.82 Å². The van der Waals surface area contributed by atoms with Crippen LogP contribution in [0, 0.1) is 24.1 Å². The van der Waals surface area contributed by atoms with Gasteiger partial charge >= 0.3 is 0 Å². The van der Waals surface area contributed by atoms with Gasteiger partial charge < -0.3 is 15.1 Å². The number of likely N-dealkylation sites (N-methyl/N-ethyl adjacent to an activating group) is 1. The molecule has 3 aromatic rings. The maximum absolute atomic E-state index is 14.7. The highest BCUT2D eigenvalue weighted by molar-refractivity contribution is 5.97. The number of rotatable bonds is 5. The van der Waals surface area contributed by atoms with E-state index in [0.29, 0.717) is 24.0 Å². The lowest BCUT2D eigenvalue weighted by Gasteiger charge is -2.34. The van der Waals surface area contributed by atoms with Gasteiger partial charge in [0.05, 0.1) is 22.5 Å². The van der Waals surface area contributed by atoms with Crippen molar-refractivity contribution in [2.24, 2.45) is 0 Å². The summed E-state index contributed by atoms with van der Waals surface area (Å²) in [6, 6.07) is 9.96. The summed E-state index contributed by atoms with van der Waals surface area (Å²) < 4.78 is 42.1. The summed E-state index contributed by atoms with van der Waals surface area (Å²) in [5.41, 5.74) is 1.50. The third-order valence-electron chi connectivity index (χ3n) is 6.04. The van der Waals surface area contributed by atoms with Crippen LogP contribution in [0.15, 0.2) is 30.3 Å². The number of benzene rings is 2. The molecule has 1 N–H and O–H groups in total. The summed E-state index contributed by atoms with van der Waals surface area (Å²) >= 11 is 0. The zero-order valence-electron chi connectivity index (χ0n) is 18.8. The van der Waals surface area contributed by atoms with Crippen molar-refractivity contribution in [2.75, 3.05) is 43.4 Å². The molecular formula is C24H25F3N6. The van der Waals surface area contributed by atoms with Gasteiger partial charge in [0, 0.05) is 56.0 Å². The van der Waals surface area contributed by atoms with Gasteiger partial charge in [-0.25, -0.2) is 13.2 Å². The van der Waals surface area contributed by atoms with Crippen LogP contribution < -0.4 is 10.2 Å². The molecule has 6 nitrogen and oxygen atoms in total. The van der Waals surface area contributed by atoms with E-state index in [1.165, 1.54) is 12.1 Å². The predicted molar refractivity (Wildman–Crippen MR) is 122 cm³/mol. The lowest BCUT2D eigenvalue weighted by atomic mass is 10.0. The maximum Gasteiger partial charge on any atom is 0.273 e. The van der Waals surface area contributed by atoms with E-state index in [9.17, 15) is 18.4 Å². The number of nitrogens with one attached hydrogen (secondary N) is 1. The molecule has 0 amide bonds. The fourth-order valence-electron chi connectivity index (χ4n) is 4.08. The second-order valence-corrected chi connectivity index (χ2v) is 8.47. The van der Waals surface area contributed by atoms with E-state index in [-0.39, 0.29) is 12.1 Å². The number of alkyl halides is 2.